The van der Waals surface area contributed by atoms with Crippen LogP contribution < -0.4 is 5.73 Å². The Hall–Kier alpha value is -1.05. The zero-order valence-corrected chi connectivity index (χ0v) is 4.97. The van der Waals surface area contributed by atoms with Gasteiger partial charge < -0.3 is 5.73 Å². The molecule has 0 aliphatic carbocycles. The van der Waals surface area contributed by atoms with Gasteiger partial charge in [0.05, 0.1) is 0 Å². The number of nitrogen functional groups attached to an aromatic ring is 1. The van der Waals surface area contributed by atoms with Crippen LogP contribution in [-0.2, 0) is 6.67 Å². The van der Waals surface area contributed by atoms with Gasteiger partial charge in [0.15, 0.2) is 0 Å². The standard InChI is InChI=1S/C7H8FN/c8-5-6-3-1-2-4-7(6)9/h1-4H,5,9H2. The van der Waals surface area contributed by atoms with Gasteiger partial charge in [-0.1, -0.05) is 18.2 Å². The fourth-order valence-corrected chi connectivity index (χ4v) is 0.656. The summed E-state index contributed by atoms with van der Waals surface area (Å²) in [6.45, 7) is -0.479. The molecular weight excluding hydrogens is 117 g/mol. The predicted molar refractivity (Wildman–Crippen MR) is 35.7 cm³/mol. The van der Waals surface area contributed by atoms with E-state index in [1.54, 1.807) is 24.3 Å². The van der Waals surface area contributed by atoms with Gasteiger partial charge in [-0.25, -0.2) is 4.39 Å². The van der Waals surface area contributed by atoms with Crippen LogP contribution >= 0.6 is 0 Å². The lowest BCUT2D eigenvalue weighted by molar-refractivity contribution is 0.486. The van der Waals surface area contributed by atoms with Crippen LogP contribution in [0, 0.1) is 0 Å². The summed E-state index contributed by atoms with van der Waals surface area (Å²) in [5, 5.41) is 0. The highest BCUT2D eigenvalue weighted by molar-refractivity contribution is 5.45. The maximum atomic E-state index is 11.9. The van der Waals surface area contributed by atoms with Crippen molar-refractivity contribution in [2.75, 3.05) is 5.73 Å². The quantitative estimate of drug-likeness (QED) is 0.568. The summed E-state index contributed by atoms with van der Waals surface area (Å²) in [5.41, 5.74) is 6.49. The summed E-state index contributed by atoms with van der Waals surface area (Å²) < 4.78 is 11.9. The second-order valence-corrected chi connectivity index (χ2v) is 1.83. The first kappa shape index (κ1) is 6.08. The first-order valence-electron chi connectivity index (χ1n) is 2.74. The molecule has 0 amide bonds. The highest BCUT2D eigenvalue weighted by atomic mass is 19.1. The van der Waals surface area contributed by atoms with E-state index in [2.05, 4.69) is 0 Å². The molecule has 0 saturated carbocycles. The molecular formula is C7H8FN. The van der Waals surface area contributed by atoms with Crippen molar-refractivity contribution >= 4 is 5.69 Å². The van der Waals surface area contributed by atoms with Gasteiger partial charge in [-0.15, -0.1) is 0 Å². The van der Waals surface area contributed by atoms with Crippen LogP contribution in [0.25, 0.3) is 0 Å². The number of anilines is 1. The molecule has 1 aromatic rings. The molecule has 0 radical (unpaired) electrons. The molecule has 0 bridgehead atoms. The molecule has 2 N–H and O–H groups in total. The van der Waals surface area contributed by atoms with E-state index in [1.807, 2.05) is 0 Å². The zero-order chi connectivity index (χ0) is 6.69. The van der Waals surface area contributed by atoms with Crippen LogP contribution in [0.4, 0.5) is 10.1 Å². The minimum Gasteiger partial charge on any atom is -0.398 e. The van der Waals surface area contributed by atoms with Gasteiger partial charge in [0.25, 0.3) is 0 Å². The van der Waals surface area contributed by atoms with Crippen LogP contribution in [0.15, 0.2) is 24.3 Å². The second-order valence-electron chi connectivity index (χ2n) is 1.83. The first-order valence-corrected chi connectivity index (χ1v) is 2.74. The van der Waals surface area contributed by atoms with Crippen molar-refractivity contribution in [1.82, 2.24) is 0 Å². The van der Waals surface area contributed by atoms with Gasteiger partial charge in [0, 0.05) is 11.3 Å². The summed E-state index contributed by atoms with van der Waals surface area (Å²) in [6.07, 6.45) is 0. The number of hydrogen-bond acceptors (Lipinski definition) is 1. The summed E-state index contributed by atoms with van der Waals surface area (Å²) >= 11 is 0. The third-order valence-electron chi connectivity index (χ3n) is 1.20. The lowest BCUT2D eigenvalue weighted by Crippen LogP contribution is -1.89. The Bertz CT molecular complexity index is 198. The van der Waals surface area contributed by atoms with Gasteiger partial charge in [-0.05, 0) is 6.07 Å². The van der Waals surface area contributed by atoms with Crippen LogP contribution in [0.5, 0.6) is 0 Å². The Kier molecular flexibility index (Phi) is 1.68. The Balaban J connectivity index is 3.01. The minimum absolute atomic E-state index is 0.479. The van der Waals surface area contributed by atoms with E-state index in [9.17, 15) is 4.39 Å². The molecule has 0 atom stereocenters. The third kappa shape index (κ3) is 1.19. The number of alkyl halides is 1. The SMILES string of the molecule is Nc1ccccc1CF. The zero-order valence-electron chi connectivity index (χ0n) is 4.97. The summed E-state index contributed by atoms with van der Waals surface area (Å²) in [7, 11) is 0. The second kappa shape index (κ2) is 2.49. The molecule has 48 valence electrons. The molecule has 1 rings (SSSR count). The van der Waals surface area contributed by atoms with Crippen molar-refractivity contribution in [2.45, 2.75) is 6.67 Å². The molecule has 1 aromatic carbocycles. The summed E-state index contributed by atoms with van der Waals surface area (Å²) in [5.74, 6) is 0. The topological polar surface area (TPSA) is 26.0 Å². The van der Waals surface area contributed by atoms with Gasteiger partial charge in [0.1, 0.15) is 6.67 Å². The molecule has 0 heterocycles. The van der Waals surface area contributed by atoms with Gasteiger partial charge in [-0.3, -0.25) is 0 Å². The van der Waals surface area contributed by atoms with Crippen LogP contribution in [0.3, 0.4) is 0 Å². The summed E-state index contributed by atoms with van der Waals surface area (Å²) in [4.78, 5) is 0. The van der Waals surface area contributed by atoms with Gasteiger partial charge in [0.2, 0.25) is 0 Å². The van der Waals surface area contributed by atoms with Crippen LogP contribution in [-0.4, -0.2) is 0 Å². The average molecular weight is 125 g/mol. The number of para-hydroxylation sites is 1. The van der Waals surface area contributed by atoms with Crippen molar-refractivity contribution < 1.29 is 4.39 Å². The van der Waals surface area contributed by atoms with E-state index in [0.29, 0.717) is 11.3 Å². The van der Waals surface area contributed by atoms with E-state index in [1.165, 1.54) is 0 Å². The lowest BCUT2D eigenvalue weighted by atomic mass is 10.2. The molecule has 2 heteroatoms. The molecule has 0 spiro atoms. The van der Waals surface area contributed by atoms with Crippen molar-refractivity contribution in [3.05, 3.63) is 29.8 Å². The normalized spacial score (nSPS) is 9.44. The maximum Gasteiger partial charge on any atom is 0.116 e. The maximum absolute atomic E-state index is 11.9. The van der Waals surface area contributed by atoms with E-state index in [4.69, 9.17) is 5.73 Å². The fraction of sp³-hybridized carbons (Fsp3) is 0.143. The Morgan fingerprint density at radius 3 is 2.44 bits per heavy atom. The minimum atomic E-state index is -0.479. The summed E-state index contributed by atoms with van der Waals surface area (Å²) in [6, 6.07) is 6.92. The first-order chi connectivity index (χ1) is 4.34. The number of rotatable bonds is 1. The average Bonchev–Trinajstić information content (AvgIpc) is 1.89. The van der Waals surface area contributed by atoms with Crippen molar-refractivity contribution in [1.29, 1.82) is 0 Å². The fourth-order valence-electron chi connectivity index (χ4n) is 0.656. The number of nitrogens with two attached hydrogens (primary N) is 1. The van der Waals surface area contributed by atoms with E-state index in [-0.39, 0.29) is 0 Å². The van der Waals surface area contributed by atoms with Gasteiger partial charge >= 0.3 is 0 Å². The van der Waals surface area contributed by atoms with Gasteiger partial charge in [-0.2, -0.15) is 0 Å². The van der Waals surface area contributed by atoms with Crippen molar-refractivity contribution in [3.8, 4) is 0 Å². The molecule has 0 aromatic heterocycles. The number of hydrogen-bond donors (Lipinski definition) is 1. The van der Waals surface area contributed by atoms with Crippen LogP contribution in [0.1, 0.15) is 5.56 Å². The molecule has 0 saturated heterocycles. The van der Waals surface area contributed by atoms with Crippen molar-refractivity contribution in [2.24, 2.45) is 0 Å². The number of halogens is 1. The Morgan fingerprint density at radius 2 is 2.00 bits per heavy atom. The predicted octanol–water partition coefficient (Wildman–Crippen LogP) is 1.74. The Labute approximate surface area is 53.3 Å². The molecule has 0 unspecified atom stereocenters. The molecule has 0 aliphatic heterocycles. The van der Waals surface area contributed by atoms with Crippen LogP contribution in [0.2, 0.25) is 0 Å². The van der Waals surface area contributed by atoms with E-state index in [0.717, 1.165) is 0 Å². The van der Waals surface area contributed by atoms with E-state index >= 15 is 0 Å². The Morgan fingerprint density at radius 1 is 1.33 bits per heavy atom. The monoisotopic (exact) mass is 125 g/mol. The molecule has 0 aliphatic rings. The lowest BCUT2D eigenvalue weighted by Gasteiger charge is -1.96. The van der Waals surface area contributed by atoms with E-state index < -0.39 is 6.67 Å². The highest BCUT2D eigenvalue weighted by Crippen LogP contribution is 2.10. The number of benzene rings is 1. The van der Waals surface area contributed by atoms with Crippen molar-refractivity contribution in [3.63, 3.8) is 0 Å². The smallest absolute Gasteiger partial charge is 0.116 e. The molecule has 1 nitrogen and oxygen atoms in total. The largest absolute Gasteiger partial charge is 0.398 e. The highest BCUT2D eigenvalue weighted by Gasteiger charge is 1.92. The third-order valence-corrected chi connectivity index (χ3v) is 1.20. The molecule has 9 heavy (non-hydrogen) atoms. The molecule has 0 fully saturated rings.